The molecule has 0 aliphatic carbocycles. The van der Waals surface area contributed by atoms with Gasteiger partial charge in [0.05, 0.1) is 6.20 Å². The van der Waals surface area contributed by atoms with Gasteiger partial charge in [-0.05, 0) is 24.3 Å². The van der Waals surface area contributed by atoms with Gasteiger partial charge in [-0.25, -0.2) is 0 Å². The fourth-order valence-electron chi connectivity index (χ4n) is 2.43. The van der Waals surface area contributed by atoms with E-state index in [4.69, 9.17) is 4.84 Å². The summed E-state index contributed by atoms with van der Waals surface area (Å²) in [5.41, 5.74) is 2.13. The Labute approximate surface area is 166 Å². The first-order valence-electron chi connectivity index (χ1n) is 8.33. The van der Waals surface area contributed by atoms with Gasteiger partial charge in [-0.2, -0.15) is 18.7 Å². The summed E-state index contributed by atoms with van der Waals surface area (Å²) < 4.78 is 83.7. The first kappa shape index (κ1) is 23.1. The number of nitrogens with one attached hydrogen (secondary N) is 1. The van der Waals surface area contributed by atoms with Crippen molar-refractivity contribution in [1.82, 2.24) is 10.5 Å². The Morgan fingerprint density at radius 1 is 1.10 bits per heavy atom. The molecule has 0 aliphatic rings. The van der Waals surface area contributed by atoms with E-state index in [0.717, 1.165) is 19.2 Å². The van der Waals surface area contributed by atoms with Crippen LogP contribution in [0.3, 0.4) is 0 Å². The number of hydroxylamine groups is 1. The summed E-state index contributed by atoms with van der Waals surface area (Å²) in [5.74, 6) is -2.34. The third kappa shape index (κ3) is 7.01. The molecule has 0 fully saturated rings. The van der Waals surface area contributed by atoms with Gasteiger partial charge in [-0.15, -0.1) is 13.2 Å². The minimum atomic E-state index is -5.00. The number of hydrogen-bond donors (Lipinski definition) is 1. The van der Waals surface area contributed by atoms with Gasteiger partial charge in [0.25, 0.3) is 0 Å². The minimum Gasteiger partial charge on any atom is -0.483 e. The SMILES string of the molecule is CC(=O)NOc1cccc(OC(F)(F)F)c1[C@@H](C)c1ccc(OCC(F)(F)F)cn1. The van der Waals surface area contributed by atoms with Gasteiger partial charge >= 0.3 is 12.5 Å². The van der Waals surface area contributed by atoms with E-state index in [1.54, 1.807) is 0 Å². The minimum absolute atomic E-state index is 0.0833. The molecule has 0 radical (unpaired) electrons. The molecule has 0 saturated heterocycles. The molecule has 0 saturated carbocycles. The predicted octanol–water partition coefficient (Wildman–Crippen LogP) is 4.50. The second kappa shape index (κ2) is 9.09. The molecule has 0 unspecified atom stereocenters. The number of aromatic nitrogens is 1. The predicted molar refractivity (Wildman–Crippen MR) is 90.9 cm³/mol. The van der Waals surface area contributed by atoms with Crippen molar-refractivity contribution >= 4 is 5.91 Å². The molecule has 0 bridgehead atoms. The lowest BCUT2D eigenvalue weighted by Crippen LogP contribution is -2.25. The summed E-state index contributed by atoms with van der Waals surface area (Å²) in [7, 11) is 0. The standard InChI is InChI=1S/C18H16F6N2O4/c1-10(13-7-6-12(8-25-13)28-9-17(19,20)21)16-14(29-18(22,23)24)4-3-5-15(16)30-26-11(2)27/h3-8,10H,9H2,1-2H3,(H,26,27)/t10-/m0/s1. The smallest absolute Gasteiger partial charge is 0.483 e. The van der Waals surface area contributed by atoms with Crippen LogP contribution in [0.1, 0.15) is 31.0 Å². The second-order valence-electron chi connectivity index (χ2n) is 6.02. The van der Waals surface area contributed by atoms with E-state index in [1.165, 1.54) is 31.2 Å². The van der Waals surface area contributed by atoms with Crippen molar-refractivity contribution in [1.29, 1.82) is 0 Å². The van der Waals surface area contributed by atoms with E-state index >= 15 is 0 Å². The van der Waals surface area contributed by atoms with Crippen LogP contribution in [-0.4, -0.2) is 30.0 Å². The lowest BCUT2D eigenvalue weighted by molar-refractivity contribution is -0.275. The monoisotopic (exact) mass is 438 g/mol. The van der Waals surface area contributed by atoms with E-state index in [1.807, 2.05) is 5.48 Å². The summed E-state index contributed by atoms with van der Waals surface area (Å²) in [6.45, 7) is 1.11. The molecule has 1 amide bonds. The molecule has 2 rings (SSSR count). The Kier molecular flexibility index (Phi) is 7.00. The molecular formula is C18H16F6N2O4. The zero-order valence-corrected chi connectivity index (χ0v) is 15.6. The summed E-state index contributed by atoms with van der Waals surface area (Å²) in [5, 5.41) is 0. The highest BCUT2D eigenvalue weighted by atomic mass is 19.4. The second-order valence-corrected chi connectivity index (χ2v) is 6.02. The molecule has 1 aromatic carbocycles. The van der Waals surface area contributed by atoms with Gasteiger partial charge < -0.3 is 14.3 Å². The Bertz CT molecular complexity index is 868. The van der Waals surface area contributed by atoms with E-state index < -0.39 is 36.7 Å². The van der Waals surface area contributed by atoms with Crippen molar-refractivity contribution in [3.05, 3.63) is 47.8 Å². The fourth-order valence-corrected chi connectivity index (χ4v) is 2.43. The van der Waals surface area contributed by atoms with E-state index in [-0.39, 0.29) is 22.8 Å². The quantitative estimate of drug-likeness (QED) is 0.509. The Hall–Kier alpha value is -3.18. The maximum atomic E-state index is 12.8. The number of benzene rings is 1. The van der Waals surface area contributed by atoms with Gasteiger partial charge in [-0.3, -0.25) is 9.78 Å². The largest absolute Gasteiger partial charge is 0.573 e. The van der Waals surface area contributed by atoms with Gasteiger partial charge in [0.15, 0.2) is 12.4 Å². The number of amides is 1. The third-order valence-electron chi connectivity index (χ3n) is 3.59. The van der Waals surface area contributed by atoms with Gasteiger partial charge in [-0.1, -0.05) is 13.0 Å². The number of rotatable bonds is 7. The van der Waals surface area contributed by atoms with Gasteiger partial charge in [0.1, 0.15) is 11.5 Å². The maximum Gasteiger partial charge on any atom is 0.573 e. The average molecular weight is 438 g/mol. The van der Waals surface area contributed by atoms with Gasteiger partial charge in [0, 0.05) is 24.1 Å². The van der Waals surface area contributed by atoms with Crippen LogP contribution in [0.25, 0.3) is 0 Å². The topological polar surface area (TPSA) is 69.7 Å². The van der Waals surface area contributed by atoms with Crippen LogP contribution in [0.5, 0.6) is 17.2 Å². The molecule has 0 aliphatic heterocycles. The Balaban J connectivity index is 2.35. The van der Waals surface area contributed by atoms with Crippen LogP contribution in [0.15, 0.2) is 36.5 Å². The number of carbonyl (C=O) groups excluding carboxylic acids is 1. The van der Waals surface area contributed by atoms with Crippen LogP contribution < -0.4 is 19.8 Å². The zero-order chi connectivity index (χ0) is 22.5. The molecule has 1 heterocycles. The molecule has 1 atom stereocenters. The lowest BCUT2D eigenvalue weighted by Gasteiger charge is -2.21. The average Bonchev–Trinajstić information content (AvgIpc) is 2.63. The van der Waals surface area contributed by atoms with Crippen molar-refractivity contribution in [3.63, 3.8) is 0 Å². The van der Waals surface area contributed by atoms with Crippen molar-refractivity contribution in [2.24, 2.45) is 0 Å². The van der Waals surface area contributed by atoms with Crippen LogP contribution in [0.2, 0.25) is 0 Å². The number of pyridine rings is 1. The molecule has 2 aromatic rings. The molecule has 6 nitrogen and oxygen atoms in total. The number of alkyl halides is 6. The highest BCUT2D eigenvalue weighted by molar-refractivity contribution is 5.72. The molecular weight excluding hydrogens is 422 g/mol. The molecule has 12 heteroatoms. The maximum absolute atomic E-state index is 12.8. The van der Waals surface area contributed by atoms with Crippen molar-refractivity contribution in [2.45, 2.75) is 32.3 Å². The number of nitrogens with zero attached hydrogens (tertiary/aromatic N) is 1. The highest BCUT2D eigenvalue weighted by Gasteiger charge is 2.34. The van der Waals surface area contributed by atoms with Crippen LogP contribution in [0, 0.1) is 0 Å². The number of carbonyl (C=O) groups is 1. The number of halogens is 6. The first-order chi connectivity index (χ1) is 13.9. The molecule has 30 heavy (non-hydrogen) atoms. The summed E-state index contributed by atoms with van der Waals surface area (Å²) in [6.07, 6.45) is -8.52. The Morgan fingerprint density at radius 3 is 2.30 bits per heavy atom. The summed E-state index contributed by atoms with van der Waals surface area (Å²) >= 11 is 0. The van der Waals surface area contributed by atoms with Crippen LogP contribution in [-0.2, 0) is 4.79 Å². The fraction of sp³-hybridized carbons (Fsp3) is 0.333. The summed E-state index contributed by atoms with van der Waals surface area (Å²) in [6, 6.07) is 6.09. The lowest BCUT2D eigenvalue weighted by atomic mass is 9.95. The molecule has 1 N–H and O–H groups in total. The molecule has 0 spiro atoms. The van der Waals surface area contributed by atoms with Crippen LogP contribution >= 0.6 is 0 Å². The molecule has 1 aromatic heterocycles. The van der Waals surface area contributed by atoms with Crippen LogP contribution in [0.4, 0.5) is 26.3 Å². The summed E-state index contributed by atoms with van der Waals surface area (Å²) in [4.78, 5) is 20.1. The number of hydrogen-bond acceptors (Lipinski definition) is 5. The highest BCUT2D eigenvalue weighted by Crippen LogP contribution is 2.40. The normalized spacial score (nSPS) is 12.8. The molecule has 164 valence electrons. The first-order valence-corrected chi connectivity index (χ1v) is 8.33. The zero-order valence-electron chi connectivity index (χ0n) is 15.6. The Morgan fingerprint density at radius 2 is 1.77 bits per heavy atom. The van der Waals surface area contributed by atoms with E-state index in [9.17, 15) is 31.1 Å². The van der Waals surface area contributed by atoms with Crippen molar-refractivity contribution in [3.8, 4) is 17.2 Å². The van der Waals surface area contributed by atoms with Crippen molar-refractivity contribution < 1.29 is 45.4 Å². The van der Waals surface area contributed by atoms with Crippen molar-refractivity contribution in [2.75, 3.05) is 6.61 Å². The van der Waals surface area contributed by atoms with E-state index in [0.29, 0.717) is 0 Å². The third-order valence-corrected chi connectivity index (χ3v) is 3.59. The van der Waals surface area contributed by atoms with Gasteiger partial charge in [0.2, 0.25) is 5.91 Å². The number of ether oxygens (including phenoxy) is 2. The van der Waals surface area contributed by atoms with E-state index in [2.05, 4.69) is 14.5 Å².